The Morgan fingerprint density at radius 2 is 1.27 bits per heavy atom. The average Bonchev–Trinajstić information content (AvgIpc) is 2.76. The van der Waals surface area contributed by atoms with Gasteiger partial charge in [-0.2, -0.15) is 0 Å². The zero-order chi connectivity index (χ0) is 9.89. The molecule has 6 rings (SSSR count). The minimum absolute atomic E-state index is 0.146. The largest absolute Gasteiger partial charge is 0.459 e. The lowest BCUT2D eigenvalue weighted by atomic mass is 9.91. The first kappa shape index (κ1) is 7.22. The molecule has 2 saturated carbocycles. The fourth-order valence-corrected chi connectivity index (χ4v) is 4.42. The van der Waals surface area contributed by atoms with Crippen LogP contribution >= 0.6 is 0 Å². The SMILES string of the molecule is O=C1OC2C3OC4C1C2C1C3OC(=O)C41. The first-order valence-electron chi connectivity index (χ1n) is 5.34. The van der Waals surface area contributed by atoms with Crippen LogP contribution in [0.1, 0.15) is 0 Å². The normalized spacial score (nSPS) is 66.4. The first-order valence-corrected chi connectivity index (χ1v) is 5.34. The summed E-state index contributed by atoms with van der Waals surface area (Å²) in [6.45, 7) is 0. The molecular formula is C10H8O5. The van der Waals surface area contributed by atoms with Crippen LogP contribution in [0.5, 0.6) is 0 Å². The Morgan fingerprint density at radius 3 is 1.80 bits per heavy atom. The molecule has 4 saturated heterocycles. The van der Waals surface area contributed by atoms with Gasteiger partial charge in [0.2, 0.25) is 0 Å². The van der Waals surface area contributed by atoms with Crippen molar-refractivity contribution in [2.45, 2.75) is 24.4 Å². The summed E-state index contributed by atoms with van der Waals surface area (Å²) in [5.74, 6) is -0.361. The highest BCUT2D eigenvalue weighted by Crippen LogP contribution is 2.65. The molecule has 0 aromatic heterocycles. The van der Waals surface area contributed by atoms with Gasteiger partial charge < -0.3 is 14.2 Å². The molecule has 5 nitrogen and oxygen atoms in total. The maximum absolute atomic E-state index is 11.6. The summed E-state index contributed by atoms with van der Waals surface area (Å²) in [5, 5.41) is 0. The molecule has 4 aliphatic heterocycles. The molecule has 0 aromatic rings. The summed E-state index contributed by atoms with van der Waals surface area (Å²) in [6.07, 6.45) is -0.739. The maximum Gasteiger partial charge on any atom is 0.312 e. The van der Waals surface area contributed by atoms with E-state index in [2.05, 4.69) is 0 Å². The van der Waals surface area contributed by atoms with E-state index in [0.717, 1.165) is 0 Å². The van der Waals surface area contributed by atoms with Crippen LogP contribution in [0.2, 0.25) is 0 Å². The quantitative estimate of drug-likeness (QED) is 0.482. The van der Waals surface area contributed by atoms with Gasteiger partial charge in [-0.05, 0) is 0 Å². The number of esters is 2. The number of ether oxygens (including phenoxy) is 3. The van der Waals surface area contributed by atoms with Crippen LogP contribution in [-0.2, 0) is 23.8 Å². The van der Waals surface area contributed by atoms with Gasteiger partial charge in [0.1, 0.15) is 18.3 Å². The fraction of sp³-hybridized carbons (Fsp3) is 0.800. The molecule has 6 unspecified atom stereocenters. The highest BCUT2D eigenvalue weighted by atomic mass is 16.6. The predicted molar refractivity (Wildman–Crippen MR) is 42.4 cm³/mol. The second kappa shape index (κ2) is 1.80. The summed E-state index contributed by atoms with van der Waals surface area (Å²) < 4.78 is 16.4. The van der Waals surface area contributed by atoms with Crippen molar-refractivity contribution in [2.24, 2.45) is 23.7 Å². The van der Waals surface area contributed by atoms with Gasteiger partial charge in [-0.25, -0.2) is 0 Å². The van der Waals surface area contributed by atoms with Crippen LogP contribution in [0.4, 0.5) is 0 Å². The summed E-state index contributed by atoms with van der Waals surface area (Å²) in [5.41, 5.74) is 0. The van der Waals surface area contributed by atoms with Crippen LogP contribution in [-0.4, -0.2) is 36.4 Å². The van der Waals surface area contributed by atoms with E-state index in [-0.39, 0.29) is 60.0 Å². The van der Waals surface area contributed by atoms with Gasteiger partial charge >= 0.3 is 11.9 Å². The van der Waals surface area contributed by atoms with E-state index < -0.39 is 0 Å². The Labute approximate surface area is 84.7 Å². The van der Waals surface area contributed by atoms with Gasteiger partial charge in [0.15, 0.2) is 0 Å². The molecule has 0 N–H and O–H groups in total. The van der Waals surface area contributed by atoms with E-state index in [0.29, 0.717) is 0 Å². The van der Waals surface area contributed by atoms with Crippen LogP contribution in [0.25, 0.3) is 0 Å². The molecule has 0 aromatic carbocycles. The van der Waals surface area contributed by atoms with E-state index in [9.17, 15) is 9.59 Å². The molecular weight excluding hydrogens is 200 g/mol. The Balaban J connectivity index is 1.78. The van der Waals surface area contributed by atoms with Gasteiger partial charge in [-0.15, -0.1) is 0 Å². The van der Waals surface area contributed by atoms with Gasteiger partial charge in [0.05, 0.1) is 17.9 Å². The summed E-state index contributed by atoms with van der Waals surface area (Å²) in [4.78, 5) is 23.2. The second-order valence-corrected chi connectivity index (χ2v) is 5.07. The van der Waals surface area contributed by atoms with Crippen molar-refractivity contribution in [3.8, 4) is 0 Å². The van der Waals surface area contributed by atoms with Crippen molar-refractivity contribution in [2.75, 3.05) is 0 Å². The van der Waals surface area contributed by atoms with Crippen molar-refractivity contribution in [3.05, 3.63) is 0 Å². The third-order valence-electron chi connectivity index (χ3n) is 4.75. The molecule has 0 spiro atoms. The Hall–Kier alpha value is -1.10. The van der Waals surface area contributed by atoms with Crippen molar-refractivity contribution in [1.82, 2.24) is 0 Å². The minimum atomic E-state index is -0.262. The number of hydrogen-bond donors (Lipinski definition) is 0. The molecule has 4 heterocycles. The van der Waals surface area contributed by atoms with Crippen molar-refractivity contribution >= 4 is 11.9 Å². The average molecular weight is 208 g/mol. The number of carbonyl (C=O) groups excluding carboxylic acids is 2. The predicted octanol–water partition coefficient (Wildman–Crippen LogP) is -0.903. The summed E-state index contributed by atoms with van der Waals surface area (Å²) >= 11 is 0. The van der Waals surface area contributed by atoms with Gasteiger partial charge in [-0.3, -0.25) is 9.59 Å². The third-order valence-corrected chi connectivity index (χ3v) is 4.75. The third kappa shape index (κ3) is 0.509. The molecule has 2 aliphatic carbocycles. The Kier molecular flexibility index (Phi) is 0.864. The molecule has 0 radical (unpaired) electrons. The summed E-state index contributed by atoms with van der Waals surface area (Å²) in [7, 11) is 0. The zero-order valence-corrected chi connectivity index (χ0v) is 7.66. The molecule has 15 heavy (non-hydrogen) atoms. The Morgan fingerprint density at radius 1 is 0.733 bits per heavy atom. The first-order chi connectivity index (χ1) is 7.27. The standard InChI is InChI=1S/C10H8O5/c11-9-3-1-2-4-5(3)13-8(6(1)14-9)7(2)15-10(4)12/h1-8H. The lowest BCUT2D eigenvalue weighted by molar-refractivity contribution is -0.149. The van der Waals surface area contributed by atoms with Crippen molar-refractivity contribution in [1.29, 1.82) is 0 Å². The molecule has 6 aliphatic rings. The number of carbonyl (C=O) groups is 2. The van der Waals surface area contributed by atoms with Crippen molar-refractivity contribution < 1.29 is 23.8 Å². The number of hydrogen-bond acceptors (Lipinski definition) is 5. The van der Waals surface area contributed by atoms with E-state index in [4.69, 9.17) is 14.2 Å². The topological polar surface area (TPSA) is 61.8 Å². The molecule has 5 heteroatoms. The van der Waals surface area contributed by atoms with E-state index in [1.54, 1.807) is 0 Å². The van der Waals surface area contributed by atoms with Crippen LogP contribution < -0.4 is 0 Å². The highest BCUT2D eigenvalue weighted by molar-refractivity contribution is 5.85. The lowest BCUT2D eigenvalue weighted by Crippen LogP contribution is -2.44. The monoisotopic (exact) mass is 208 g/mol. The summed E-state index contributed by atoms with van der Waals surface area (Å²) in [6, 6.07) is 0. The maximum atomic E-state index is 11.6. The molecule has 6 atom stereocenters. The smallest absolute Gasteiger partial charge is 0.312 e. The highest BCUT2D eigenvalue weighted by Gasteiger charge is 2.80. The molecule has 0 amide bonds. The van der Waals surface area contributed by atoms with E-state index in [1.165, 1.54) is 0 Å². The van der Waals surface area contributed by atoms with Crippen LogP contribution in [0.15, 0.2) is 0 Å². The zero-order valence-electron chi connectivity index (χ0n) is 7.66. The van der Waals surface area contributed by atoms with Gasteiger partial charge in [0, 0.05) is 11.8 Å². The van der Waals surface area contributed by atoms with Gasteiger partial charge in [-0.1, -0.05) is 0 Å². The van der Waals surface area contributed by atoms with Crippen molar-refractivity contribution in [3.63, 3.8) is 0 Å². The van der Waals surface area contributed by atoms with Gasteiger partial charge in [0.25, 0.3) is 0 Å². The fourth-order valence-electron chi connectivity index (χ4n) is 4.42. The molecule has 8 bridgehead atoms. The Bertz CT molecular complexity index is 382. The molecule has 6 fully saturated rings. The van der Waals surface area contributed by atoms with Crippen LogP contribution in [0.3, 0.4) is 0 Å². The van der Waals surface area contributed by atoms with Crippen LogP contribution in [0, 0.1) is 23.7 Å². The lowest BCUT2D eigenvalue weighted by Gasteiger charge is -2.29. The second-order valence-electron chi connectivity index (χ2n) is 5.07. The number of rotatable bonds is 0. The molecule has 78 valence electrons. The van der Waals surface area contributed by atoms with E-state index >= 15 is 0 Å². The van der Waals surface area contributed by atoms with E-state index in [1.807, 2.05) is 0 Å². The minimum Gasteiger partial charge on any atom is -0.459 e.